The summed E-state index contributed by atoms with van der Waals surface area (Å²) in [7, 11) is 0. The molecule has 6 heteroatoms. The number of hydrogen-bond acceptors (Lipinski definition) is 2. The first kappa shape index (κ1) is 15.7. The number of benzene rings is 2. The molecule has 0 aliphatic heterocycles. The third kappa shape index (κ3) is 4.37. The van der Waals surface area contributed by atoms with Crippen molar-refractivity contribution in [3.63, 3.8) is 0 Å². The smallest absolute Gasteiger partial charge is 0.416 e. The Balaban J connectivity index is 1.97. The zero-order valence-electron chi connectivity index (χ0n) is 10.9. The van der Waals surface area contributed by atoms with Crippen LogP contribution in [0.15, 0.2) is 48.5 Å². The molecule has 1 unspecified atom stereocenters. The summed E-state index contributed by atoms with van der Waals surface area (Å²) in [6.07, 6.45) is -4.35. The predicted octanol–water partition coefficient (Wildman–Crippen LogP) is 4.44. The van der Waals surface area contributed by atoms with Crippen molar-refractivity contribution in [2.45, 2.75) is 12.2 Å². The van der Waals surface area contributed by atoms with Crippen LogP contribution < -0.4 is 10.5 Å². The number of hydrogen-bond donors (Lipinski definition) is 1. The van der Waals surface area contributed by atoms with Crippen LogP contribution >= 0.6 is 11.6 Å². The Morgan fingerprint density at radius 2 is 1.76 bits per heavy atom. The molecule has 2 N–H and O–H groups in total. The summed E-state index contributed by atoms with van der Waals surface area (Å²) in [6, 6.07) is 11.1. The van der Waals surface area contributed by atoms with Gasteiger partial charge in [-0.25, -0.2) is 0 Å². The lowest BCUT2D eigenvalue weighted by Crippen LogP contribution is -2.19. The molecule has 0 amide bonds. The molecular weight excluding hydrogens is 303 g/mol. The minimum absolute atomic E-state index is 0.145. The summed E-state index contributed by atoms with van der Waals surface area (Å²) >= 11 is 5.86. The topological polar surface area (TPSA) is 35.2 Å². The van der Waals surface area contributed by atoms with Gasteiger partial charge in [-0.3, -0.25) is 0 Å². The predicted molar refractivity (Wildman–Crippen MR) is 75.3 cm³/mol. The Hall–Kier alpha value is -1.72. The first-order chi connectivity index (χ1) is 9.86. The second-order valence-corrected chi connectivity index (χ2v) is 4.93. The molecule has 0 aliphatic rings. The molecule has 0 aliphatic carbocycles. The highest BCUT2D eigenvalue weighted by Gasteiger charge is 2.30. The fourth-order valence-electron chi connectivity index (χ4n) is 1.76. The SMILES string of the molecule is NC(COc1ccc(C(F)(F)F)cc1)c1cccc(Cl)c1. The highest BCUT2D eigenvalue weighted by atomic mass is 35.5. The van der Waals surface area contributed by atoms with Crippen molar-refractivity contribution in [3.8, 4) is 5.75 Å². The van der Waals surface area contributed by atoms with Crippen LogP contribution in [0.3, 0.4) is 0 Å². The molecule has 0 fully saturated rings. The maximum absolute atomic E-state index is 12.4. The first-order valence-electron chi connectivity index (χ1n) is 6.17. The van der Waals surface area contributed by atoms with Crippen LogP contribution in [0.4, 0.5) is 13.2 Å². The van der Waals surface area contributed by atoms with Crippen molar-refractivity contribution < 1.29 is 17.9 Å². The maximum atomic E-state index is 12.4. The molecule has 2 aromatic carbocycles. The van der Waals surface area contributed by atoms with Crippen LogP contribution in [-0.2, 0) is 6.18 Å². The van der Waals surface area contributed by atoms with Gasteiger partial charge in [0.25, 0.3) is 0 Å². The fraction of sp³-hybridized carbons (Fsp3) is 0.200. The van der Waals surface area contributed by atoms with Gasteiger partial charge in [-0.1, -0.05) is 23.7 Å². The molecule has 0 spiro atoms. The number of rotatable bonds is 4. The van der Waals surface area contributed by atoms with Crippen LogP contribution in [0.1, 0.15) is 17.2 Å². The quantitative estimate of drug-likeness (QED) is 0.905. The minimum atomic E-state index is -4.35. The van der Waals surface area contributed by atoms with Gasteiger partial charge in [0.2, 0.25) is 0 Å². The zero-order chi connectivity index (χ0) is 15.5. The van der Waals surface area contributed by atoms with Crippen LogP contribution in [0.2, 0.25) is 5.02 Å². The molecule has 0 saturated carbocycles. The van der Waals surface area contributed by atoms with Crippen LogP contribution in [0.25, 0.3) is 0 Å². The van der Waals surface area contributed by atoms with Gasteiger partial charge in [0.1, 0.15) is 12.4 Å². The second kappa shape index (κ2) is 6.37. The molecule has 0 aromatic heterocycles. The first-order valence-corrected chi connectivity index (χ1v) is 6.55. The van der Waals surface area contributed by atoms with E-state index in [0.717, 1.165) is 17.7 Å². The highest BCUT2D eigenvalue weighted by Crippen LogP contribution is 2.30. The van der Waals surface area contributed by atoms with Gasteiger partial charge in [-0.05, 0) is 42.0 Å². The average Bonchev–Trinajstić information content (AvgIpc) is 2.44. The van der Waals surface area contributed by atoms with Crippen molar-refractivity contribution in [2.75, 3.05) is 6.61 Å². The van der Waals surface area contributed by atoms with Gasteiger partial charge in [0.05, 0.1) is 11.6 Å². The molecular formula is C15H13ClF3NO. The van der Waals surface area contributed by atoms with Crippen molar-refractivity contribution in [3.05, 3.63) is 64.7 Å². The molecule has 0 heterocycles. The minimum Gasteiger partial charge on any atom is -0.492 e. The second-order valence-electron chi connectivity index (χ2n) is 4.49. The molecule has 21 heavy (non-hydrogen) atoms. The van der Waals surface area contributed by atoms with Crippen molar-refractivity contribution in [1.82, 2.24) is 0 Å². The largest absolute Gasteiger partial charge is 0.492 e. The maximum Gasteiger partial charge on any atom is 0.416 e. The van der Waals surface area contributed by atoms with Gasteiger partial charge >= 0.3 is 6.18 Å². The molecule has 0 saturated heterocycles. The molecule has 112 valence electrons. The third-order valence-corrected chi connectivity index (χ3v) is 3.12. The lowest BCUT2D eigenvalue weighted by Gasteiger charge is -2.14. The molecule has 1 atom stereocenters. The van der Waals surface area contributed by atoms with Crippen molar-refractivity contribution >= 4 is 11.6 Å². The number of halogens is 4. The third-order valence-electron chi connectivity index (χ3n) is 2.89. The van der Waals surface area contributed by atoms with Gasteiger partial charge in [0, 0.05) is 5.02 Å². The van der Waals surface area contributed by atoms with Crippen molar-refractivity contribution in [1.29, 1.82) is 0 Å². The van der Waals surface area contributed by atoms with E-state index < -0.39 is 17.8 Å². The zero-order valence-corrected chi connectivity index (χ0v) is 11.7. The Kier molecular flexibility index (Phi) is 4.75. The molecule has 2 aromatic rings. The van der Waals surface area contributed by atoms with Crippen LogP contribution in [0, 0.1) is 0 Å². The van der Waals surface area contributed by atoms with E-state index >= 15 is 0 Å². The normalized spacial score (nSPS) is 13.0. The van der Waals surface area contributed by atoms with E-state index in [-0.39, 0.29) is 6.61 Å². The highest BCUT2D eigenvalue weighted by molar-refractivity contribution is 6.30. The monoisotopic (exact) mass is 315 g/mol. The van der Waals surface area contributed by atoms with E-state index in [4.69, 9.17) is 22.1 Å². The molecule has 2 nitrogen and oxygen atoms in total. The lowest BCUT2D eigenvalue weighted by atomic mass is 10.1. The summed E-state index contributed by atoms with van der Waals surface area (Å²) in [6.45, 7) is 0.145. The van der Waals surface area contributed by atoms with E-state index in [9.17, 15) is 13.2 Å². The average molecular weight is 316 g/mol. The summed E-state index contributed by atoms with van der Waals surface area (Å²) < 4.78 is 42.7. The summed E-state index contributed by atoms with van der Waals surface area (Å²) in [4.78, 5) is 0. The number of alkyl halides is 3. The molecule has 0 bridgehead atoms. The number of nitrogens with two attached hydrogens (primary N) is 1. The summed E-state index contributed by atoms with van der Waals surface area (Å²) in [5.74, 6) is 0.334. The standard InChI is InChI=1S/C15H13ClF3NO/c16-12-3-1-2-10(8-12)14(20)9-21-13-6-4-11(5-7-13)15(17,18)19/h1-8,14H,9,20H2. The number of ether oxygens (including phenoxy) is 1. The Bertz CT molecular complexity index is 599. The van der Waals surface area contributed by atoms with Gasteiger partial charge in [-0.2, -0.15) is 13.2 Å². The Morgan fingerprint density at radius 3 is 2.33 bits per heavy atom. The summed E-state index contributed by atoms with van der Waals surface area (Å²) in [5.41, 5.74) is 6.03. The Labute approximate surface area is 125 Å². The van der Waals surface area contributed by atoms with E-state index in [2.05, 4.69) is 0 Å². The van der Waals surface area contributed by atoms with E-state index in [1.165, 1.54) is 12.1 Å². The fourth-order valence-corrected chi connectivity index (χ4v) is 1.96. The van der Waals surface area contributed by atoms with Crippen LogP contribution in [-0.4, -0.2) is 6.61 Å². The Morgan fingerprint density at radius 1 is 1.10 bits per heavy atom. The van der Waals surface area contributed by atoms with Crippen molar-refractivity contribution in [2.24, 2.45) is 5.73 Å². The van der Waals surface area contributed by atoms with Crippen LogP contribution in [0.5, 0.6) is 5.75 Å². The molecule has 2 rings (SSSR count). The lowest BCUT2D eigenvalue weighted by molar-refractivity contribution is -0.137. The van der Waals surface area contributed by atoms with E-state index in [1.807, 2.05) is 6.07 Å². The van der Waals surface area contributed by atoms with E-state index in [0.29, 0.717) is 10.8 Å². The van der Waals surface area contributed by atoms with Gasteiger partial charge in [0.15, 0.2) is 0 Å². The van der Waals surface area contributed by atoms with Gasteiger partial charge in [-0.15, -0.1) is 0 Å². The molecule has 0 radical (unpaired) electrons. The van der Waals surface area contributed by atoms with E-state index in [1.54, 1.807) is 18.2 Å². The summed E-state index contributed by atoms with van der Waals surface area (Å²) in [5, 5.41) is 0.567. The van der Waals surface area contributed by atoms with Gasteiger partial charge < -0.3 is 10.5 Å².